The average molecular weight is 360 g/mol. The first-order valence-corrected chi connectivity index (χ1v) is 8.58. The molecule has 2 N–H and O–H groups in total. The molecule has 0 aliphatic carbocycles. The highest BCUT2D eigenvalue weighted by molar-refractivity contribution is 6.04. The molecule has 0 fully saturated rings. The molecule has 0 saturated heterocycles. The third-order valence-electron chi connectivity index (χ3n) is 3.93. The van der Waals surface area contributed by atoms with E-state index in [9.17, 15) is 9.59 Å². The lowest BCUT2D eigenvalue weighted by atomic mass is 10.1. The van der Waals surface area contributed by atoms with E-state index in [2.05, 4.69) is 10.6 Å². The quantitative estimate of drug-likeness (QED) is 0.698. The number of nitrogens with one attached hydrogen (secondary N) is 2. The van der Waals surface area contributed by atoms with Crippen LogP contribution in [0.3, 0.4) is 0 Å². The molecular weight excluding hydrogens is 340 g/mol. The molecule has 5 nitrogen and oxygen atoms in total. The first kappa shape index (κ1) is 18.2. The van der Waals surface area contributed by atoms with Crippen LogP contribution in [0.4, 0.5) is 5.69 Å². The second-order valence-corrected chi connectivity index (χ2v) is 5.94. The SMILES string of the molecule is CNC(=O)Cc1ccc(NC(=O)c2cccc(Oc3ccccc3)c2)cc1. The summed E-state index contributed by atoms with van der Waals surface area (Å²) in [4.78, 5) is 23.9. The number of rotatable bonds is 6. The van der Waals surface area contributed by atoms with Gasteiger partial charge in [0.2, 0.25) is 5.91 Å². The monoisotopic (exact) mass is 360 g/mol. The maximum Gasteiger partial charge on any atom is 0.255 e. The van der Waals surface area contributed by atoms with Gasteiger partial charge in [0.15, 0.2) is 0 Å². The number of hydrogen-bond donors (Lipinski definition) is 2. The van der Waals surface area contributed by atoms with E-state index in [0.717, 1.165) is 5.56 Å². The van der Waals surface area contributed by atoms with Crippen molar-refractivity contribution in [1.82, 2.24) is 5.32 Å². The van der Waals surface area contributed by atoms with E-state index < -0.39 is 0 Å². The molecule has 136 valence electrons. The van der Waals surface area contributed by atoms with Gasteiger partial charge in [-0.15, -0.1) is 0 Å². The van der Waals surface area contributed by atoms with Crippen LogP contribution in [0.2, 0.25) is 0 Å². The van der Waals surface area contributed by atoms with Gasteiger partial charge in [-0.3, -0.25) is 9.59 Å². The molecule has 0 aromatic heterocycles. The zero-order chi connectivity index (χ0) is 19.1. The molecule has 0 bridgehead atoms. The fraction of sp³-hybridized carbons (Fsp3) is 0.0909. The van der Waals surface area contributed by atoms with Crippen LogP contribution in [0.5, 0.6) is 11.5 Å². The molecule has 2 amide bonds. The summed E-state index contributed by atoms with van der Waals surface area (Å²) in [6, 6.07) is 23.6. The minimum atomic E-state index is -0.229. The van der Waals surface area contributed by atoms with Crippen molar-refractivity contribution in [2.45, 2.75) is 6.42 Å². The third kappa shape index (κ3) is 5.19. The van der Waals surface area contributed by atoms with E-state index in [0.29, 0.717) is 29.2 Å². The zero-order valence-corrected chi connectivity index (χ0v) is 14.9. The lowest BCUT2D eigenvalue weighted by Crippen LogP contribution is -2.19. The summed E-state index contributed by atoms with van der Waals surface area (Å²) in [5.74, 6) is 1.02. The van der Waals surface area contributed by atoms with Gasteiger partial charge in [0.25, 0.3) is 5.91 Å². The summed E-state index contributed by atoms with van der Waals surface area (Å²) in [7, 11) is 1.60. The molecule has 5 heteroatoms. The predicted molar refractivity (Wildman–Crippen MR) is 105 cm³/mol. The first-order valence-electron chi connectivity index (χ1n) is 8.58. The molecule has 3 aromatic carbocycles. The van der Waals surface area contributed by atoms with Crippen LogP contribution in [0, 0.1) is 0 Å². The number of benzene rings is 3. The minimum absolute atomic E-state index is 0.0537. The summed E-state index contributed by atoms with van der Waals surface area (Å²) in [5, 5.41) is 5.43. The van der Waals surface area contributed by atoms with Crippen LogP contribution in [-0.2, 0) is 11.2 Å². The molecule has 27 heavy (non-hydrogen) atoms. The van der Waals surface area contributed by atoms with Crippen molar-refractivity contribution in [2.75, 3.05) is 12.4 Å². The Hall–Kier alpha value is -3.60. The Bertz CT molecular complexity index is 922. The van der Waals surface area contributed by atoms with E-state index in [1.54, 1.807) is 43.4 Å². The normalized spacial score (nSPS) is 10.1. The Morgan fingerprint density at radius 1 is 0.852 bits per heavy atom. The van der Waals surface area contributed by atoms with Crippen LogP contribution >= 0.6 is 0 Å². The molecule has 0 atom stereocenters. The van der Waals surface area contributed by atoms with E-state index >= 15 is 0 Å². The molecule has 0 aliphatic rings. The van der Waals surface area contributed by atoms with Crippen LogP contribution in [0.1, 0.15) is 15.9 Å². The highest BCUT2D eigenvalue weighted by Crippen LogP contribution is 2.22. The number of hydrogen-bond acceptors (Lipinski definition) is 3. The van der Waals surface area contributed by atoms with Gasteiger partial charge >= 0.3 is 0 Å². The van der Waals surface area contributed by atoms with Crippen LogP contribution in [0.25, 0.3) is 0 Å². The summed E-state index contributed by atoms with van der Waals surface area (Å²) in [6.45, 7) is 0. The Kier molecular flexibility index (Phi) is 5.84. The highest BCUT2D eigenvalue weighted by atomic mass is 16.5. The first-order chi connectivity index (χ1) is 13.1. The molecule has 3 rings (SSSR count). The second kappa shape index (κ2) is 8.67. The summed E-state index contributed by atoms with van der Waals surface area (Å²) >= 11 is 0. The molecule has 0 spiro atoms. The largest absolute Gasteiger partial charge is 0.457 e. The van der Waals surface area contributed by atoms with E-state index in [1.807, 2.05) is 42.5 Å². The molecule has 0 unspecified atom stereocenters. The Labute approximate surface area is 158 Å². The fourth-order valence-electron chi connectivity index (χ4n) is 2.51. The number of anilines is 1. The summed E-state index contributed by atoms with van der Waals surface area (Å²) < 4.78 is 5.76. The van der Waals surface area contributed by atoms with Gasteiger partial charge in [0.05, 0.1) is 6.42 Å². The molecular formula is C22H20N2O3. The van der Waals surface area contributed by atoms with Crippen LogP contribution < -0.4 is 15.4 Å². The van der Waals surface area contributed by atoms with Crippen molar-refractivity contribution in [3.05, 3.63) is 90.0 Å². The number of para-hydroxylation sites is 1. The van der Waals surface area contributed by atoms with E-state index in [-0.39, 0.29) is 11.8 Å². The number of carbonyl (C=O) groups excluding carboxylic acids is 2. The van der Waals surface area contributed by atoms with Gasteiger partial charge in [-0.05, 0) is 48.0 Å². The molecule has 0 heterocycles. The molecule has 0 radical (unpaired) electrons. The number of likely N-dealkylation sites (N-methyl/N-ethyl adjacent to an activating group) is 1. The van der Waals surface area contributed by atoms with Gasteiger partial charge in [0.1, 0.15) is 11.5 Å². The number of amides is 2. The van der Waals surface area contributed by atoms with Crippen LogP contribution in [-0.4, -0.2) is 18.9 Å². The predicted octanol–water partition coefficient (Wildman–Crippen LogP) is 4.02. The smallest absolute Gasteiger partial charge is 0.255 e. The lowest BCUT2D eigenvalue weighted by molar-refractivity contribution is -0.119. The maximum absolute atomic E-state index is 12.5. The summed E-state index contributed by atoms with van der Waals surface area (Å²) in [5.41, 5.74) is 2.04. The third-order valence-corrected chi connectivity index (χ3v) is 3.93. The number of ether oxygens (including phenoxy) is 1. The minimum Gasteiger partial charge on any atom is -0.457 e. The average Bonchev–Trinajstić information content (AvgIpc) is 2.70. The van der Waals surface area contributed by atoms with Gasteiger partial charge in [-0.25, -0.2) is 0 Å². The van der Waals surface area contributed by atoms with Crippen molar-refractivity contribution in [1.29, 1.82) is 0 Å². The fourth-order valence-corrected chi connectivity index (χ4v) is 2.51. The van der Waals surface area contributed by atoms with Gasteiger partial charge in [-0.1, -0.05) is 36.4 Å². The van der Waals surface area contributed by atoms with Crippen molar-refractivity contribution >= 4 is 17.5 Å². The lowest BCUT2D eigenvalue weighted by Gasteiger charge is -2.09. The van der Waals surface area contributed by atoms with Crippen molar-refractivity contribution in [2.24, 2.45) is 0 Å². The van der Waals surface area contributed by atoms with Crippen LogP contribution in [0.15, 0.2) is 78.9 Å². The standard InChI is InChI=1S/C22H20N2O3/c1-23-21(25)14-16-10-12-18(13-11-16)24-22(26)17-6-5-9-20(15-17)27-19-7-3-2-4-8-19/h2-13,15H,14H2,1H3,(H,23,25)(H,24,26). The Morgan fingerprint density at radius 2 is 1.56 bits per heavy atom. The van der Waals surface area contributed by atoms with Gasteiger partial charge in [0, 0.05) is 18.3 Å². The Morgan fingerprint density at radius 3 is 2.26 bits per heavy atom. The maximum atomic E-state index is 12.5. The molecule has 0 saturated carbocycles. The van der Waals surface area contributed by atoms with E-state index in [4.69, 9.17) is 4.74 Å². The molecule has 0 aliphatic heterocycles. The Balaban J connectivity index is 1.65. The van der Waals surface area contributed by atoms with Crippen molar-refractivity contribution in [3.8, 4) is 11.5 Å². The van der Waals surface area contributed by atoms with Gasteiger partial charge < -0.3 is 15.4 Å². The highest BCUT2D eigenvalue weighted by Gasteiger charge is 2.08. The second-order valence-electron chi connectivity index (χ2n) is 5.94. The summed E-state index contributed by atoms with van der Waals surface area (Å²) in [6.07, 6.45) is 0.309. The van der Waals surface area contributed by atoms with Crippen molar-refractivity contribution < 1.29 is 14.3 Å². The zero-order valence-electron chi connectivity index (χ0n) is 14.9. The molecule has 3 aromatic rings. The van der Waals surface area contributed by atoms with Crippen molar-refractivity contribution in [3.63, 3.8) is 0 Å². The number of carbonyl (C=O) groups is 2. The van der Waals surface area contributed by atoms with E-state index in [1.165, 1.54) is 0 Å². The topological polar surface area (TPSA) is 67.4 Å². The van der Waals surface area contributed by atoms with Gasteiger partial charge in [-0.2, -0.15) is 0 Å².